The molecular formula is C8H14N2O. The van der Waals surface area contributed by atoms with Crippen molar-refractivity contribution in [2.24, 2.45) is 5.10 Å². The lowest BCUT2D eigenvalue weighted by atomic mass is 10.0. The number of rotatable bonds is 2. The third-order valence-corrected chi connectivity index (χ3v) is 1.94. The summed E-state index contributed by atoms with van der Waals surface area (Å²) in [4.78, 5) is 0. The Morgan fingerprint density at radius 1 is 1.64 bits per heavy atom. The molecule has 1 aliphatic heterocycles. The van der Waals surface area contributed by atoms with E-state index in [0.717, 1.165) is 24.3 Å². The molecule has 0 bridgehead atoms. The highest BCUT2D eigenvalue weighted by molar-refractivity contribution is 5.88. The minimum atomic E-state index is 0.0593. The second-order valence-corrected chi connectivity index (χ2v) is 2.71. The van der Waals surface area contributed by atoms with E-state index in [-0.39, 0.29) is 6.61 Å². The number of nitrogens with zero attached hydrogens (tertiary/aromatic N) is 1. The molecule has 1 heterocycles. The van der Waals surface area contributed by atoms with Crippen LogP contribution in [0.4, 0.5) is 0 Å². The number of nitrogens with one attached hydrogen (secondary N) is 1. The fraction of sp³-hybridized carbons (Fsp3) is 0.625. The largest absolute Gasteiger partial charge is 0.390 e. The Kier molecular flexibility index (Phi) is 2.65. The first-order chi connectivity index (χ1) is 5.27. The molecule has 0 atom stereocenters. The van der Waals surface area contributed by atoms with E-state index < -0.39 is 0 Å². The molecule has 62 valence electrons. The highest BCUT2D eigenvalue weighted by Crippen LogP contribution is 2.15. The molecule has 2 N–H and O–H groups in total. The van der Waals surface area contributed by atoms with Gasteiger partial charge in [-0.15, -0.1) is 0 Å². The van der Waals surface area contributed by atoms with Crippen molar-refractivity contribution in [1.29, 1.82) is 0 Å². The van der Waals surface area contributed by atoms with E-state index in [9.17, 15) is 0 Å². The van der Waals surface area contributed by atoms with E-state index in [1.54, 1.807) is 0 Å². The molecule has 0 aromatic rings. The summed E-state index contributed by atoms with van der Waals surface area (Å²) >= 11 is 0. The number of hydrogen-bond donors (Lipinski definition) is 2. The highest BCUT2D eigenvalue weighted by atomic mass is 16.3. The van der Waals surface area contributed by atoms with Gasteiger partial charge in [0.2, 0.25) is 0 Å². The fourth-order valence-corrected chi connectivity index (χ4v) is 1.14. The zero-order chi connectivity index (χ0) is 8.27. The lowest BCUT2D eigenvalue weighted by molar-refractivity contribution is 0.354. The Balaban J connectivity index is 2.65. The van der Waals surface area contributed by atoms with Gasteiger partial charge in [0.15, 0.2) is 0 Å². The summed E-state index contributed by atoms with van der Waals surface area (Å²) in [7, 11) is 0. The molecule has 1 aliphatic rings. The normalized spacial score (nSPS) is 17.9. The maximum absolute atomic E-state index is 8.80. The van der Waals surface area contributed by atoms with Gasteiger partial charge in [-0.25, -0.2) is 0 Å². The van der Waals surface area contributed by atoms with Crippen LogP contribution in [0, 0.1) is 0 Å². The van der Waals surface area contributed by atoms with Crippen molar-refractivity contribution in [3.63, 3.8) is 0 Å². The van der Waals surface area contributed by atoms with Gasteiger partial charge in [0, 0.05) is 12.1 Å². The van der Waals surface area contributed by atoms with E-state index in [0.29, 0.717) is 0 Å². The zero-order valence-electron chi connectivity index (χ0n) is 7.02. The SMILES string of the molecule is CCC1=C(C)NN=C(CO)C1. The third-order valence-electron chi connectivity index (χ3n) is 1.94. The molecule has 3 nitrogen and oxygen atoms in total. The Morgan fingerprint density at radius 2 is 2.36 bits per heavy atom. The molecule has 0 amide bonds. The van der Waals surface area contributed by atoms with Crippen LogP contribution in [0.25, 0.3) is 0 Å². The molecule has 0 spiro atoms. The number of allylic oxidation sites excluding steroid dienone is 2. The van der Waals surface area contributed by atoms with E-state index >= 15 is 0 Å². The van der Waals surface area contributed by atoms with Crippen LogP contribution >= 0.6 is 0 Å². The minimum Gasteiger partial charge on any atom is -0.390 e. The quantitative estimate of drug-likeness (QED) is 0.623. The molecule has 0 aromatic heterocycles. The van der Waals surface area contributed by atoms with Crippen molar-refractivity contribution in [1.82, 2.24) is 5.43 Å². The summed E-state index contributed by atoms with van der Waals surface area (Å²) in [5.74, 6) is 0. The molecule has 0 aliphatic carbocycles. The van der Waals surface area contributed by atoms with Crippen molar-refractivity contribution in [2.75, 3.05) is 6.61 Å². The molecule has 0 unspecified atom stereocenters. The summed E-state index contributed by atoms with van der Waals surface area (Å²) in [6.07, 6.45) is 1.85. The van der Waals surface area contributed by atoms with Gasteiger partial charge in [-0.05, 0) is 18.9 Å². The third kappa shape index (κ3) is 1.80. The predicted octanol–water partition coefficient (Wildman–Crippen LogP) is 1.01. The van der Waals surface area contributed by atoms with Gasteiger partial charge >= 0.3 is 0 Å². The number of hydrogen-bond acceptors (Lipinski definition) is 3. The van der Waals surface area contributed by atoms with Gasteiger partial charge in [-0.1, -0.05) is 6.92 Å². The van der Waals surface area contributed by atoms with E-state index in [4.69, 9.17) is 5.11 Å². The molecule has 0 radical (unpaired) electrons. The summed E-state index contributed by atoms with van der Waals surface area (Å²) in [5.41, 5.74) is 6.18. The predicted molar refractivity (Wildman–Crippen MR) is 45.3 cm³/mol. The standard InChI is InChI=1S/C8H14N2O/c1-3-7-4-8(5-11)10-9-6(7)2/h9,11H,3-5H2,1-2H3. The summed E-state index contributed by atoms with van der Waals surface area (Å²) in [6, 6.07) is 0. The van der Waals surface area contributed by atoms with Gasteiger partial charge in [0.25, 0.3) is 0 Å². The molecular weight excluding hydrogens is 140 g/mol. The molecule has 0 saturated carbocycles. The van der Waals surface area contributed by atoms with Crippen LogP contribution in [-0.2, 0) is 0 Å². The average Bonchev–Trinajstić information content (AvgIpc) is 2.05. The van der Waals surface area contributed by atoms with Crippen LogP contribution in [0.5, 0.6) is 0 Å². The maximum Gasteiger partial charge on any atom is 0.0834 e. The minimum absolute atomic E-state index is 0.0593. The van der Waals surface area contributed by atoms with Crippen molar-refractivity contribution in [3.8, 4) is 0 Å². The Bertz CT molecular complexity index is 206. The van der Waals surface area contributed by atoms with E-state index in [1.807, 2.05) is 6.92 Å². The number of aliphatic hydroxyl groups excluding tert-OH is 1. The Hall–Kier alpha value is -0.830. The Morgan fingerprint density at radius 3 is 2.91 bits per heavy atom. The fourth-order valence-electron chi connectivity index (χ4n) is 1.14. The molecule has 3 heteroatoms. The molecule has 11 heavy (non-hydrogen) atoms. The lowest BCUT2D eigenvalue weighted by Gasteiger charge is -2.16. The van der Waals surface area contributed by atoms with Crippen molar-refractivity contribution in [3.05, 3.63) is 11.3 Å². The molecule has 0 saturated heterocycles. The van der Waals surface area contributed by atoms with E-state index in [1.165, 1.54) is 5.57 Å². The van der Waals surface area contributed by atoms with Crippen LogP contribution in [0.3, 0.4) is 0 Å². The summed E-state index contributed by atoms with van der Waals surface area (Å²) in [5, 5.41) is 12.8. The first kappa shape index (κ1) is 8.27. The van der Waals surface area contributed by atoms with Gasteiger partial charge < -0.3 is 5.11 Å². The summed E-state index contributed by atoms with van der Waals surface area (Å²) < 4.78 is 0. The van der Waals surface area contributed by atoms with E-state index in [2.05, 4.69) is 17.5 Å². The van der Waals surface area contributed by atoms with Crippen molar-refractivity contribution < 1.29 is 5.11 Å². The highest BCUT2D eigenvalue weighted by Gasteiger charge is 2.09. The first-order valence-corrected chi connectivity index (χ1v) is 3.88. The van der Waals surface area contributed by atoms with Crippen LogP contribution in [0.2, 0.25) is 0 Å². The second kappa shape index (κ2) is 3.53. The van der Waals surface area contributed by atoms with Crippen molar-refractivity contribution >= 4 is 5.71 Å². The molecule has 0 aromatic carbocycles. The molecule has 0 fully saturated rings. The second-order valence-electron chi connectivity index (χ2n) is 2.71. The molecule has 1 rings (SSSR count). The van der Waals surface area contributed by atoms with Crippen LogP contribution in [-0.4, -0.2) is 17.4 Å². The zero-order valence-corrected chi connectivity index (χ0v) is 7.02. The number of aliphatic hydroxyl groups is 1. The van der Waals surface area contributed by atoms with Gasteiger partial charge in [-0.3, -0.25) is 5.43 Å². The Labute approximate surface area is 66.8 Å². The average molecular weight is 154 g/mol. The summed E-state index contributed by atoms with van der Waals surface area (Å²) in [6.45, 7) is 4.18. The van der Waals surface area contributed by atoms with Gasteiger partial charge in [0.05, 0.1) is 12.3 Å². The van der Waals surface area contributed by atoms with Crippen LogP contribution in [0.15, 0.2) is 16.4 Å². The topological polar surface area (TPSA) is 44.6 Å². The van der Waals surface area contributed by atoms with Crippen LogP contribution < -0.4 is 5.43 Å². The maximum atomic E-state index is 8.80. The van der Waals surface area contributed by atoms with Crippen molar-refractivity contribution in [2.45, 2.75) is 26.7 Å². The van der Waals surface area contributed by atoms with Gasteiger partial charge in [-0.2, -0.15) is 5.10 Å². The lowest BCUT2D eigenvalue weighted by Crippen LogP contribution is -2.20. The van der Waals surface area contributed by atoms with Gasteiger partial charge in [0.1, 0.15) is 0 Å². The number of hydrazone groups is 1. The smallest absolute Gasteiger partial charge is 0.0834 e. The van der Waals surface area contributed by atoms with Crippen LogP contribution in [0.1, 0.15) is 26.7 Å². The monoisotopic (exact) mass is 154 g/mol. The first-order valence-electron chi connectivity index (χ1n) is 3.88.